The fraction of sp³-hybridized carbons (Fsp3) is 0.610. The van der Waals surface area contributed by atoms with Crippen molar-refractivity contribution in [3.63, 3.8) is 0 Å². The van der Waals surface area contributed by atoms with Gasteiger partial charge in [0.1, 0.15) is 19.8 Å². The molecule has 0 aromatic heterocycles. The standard InChI is InChI=1S/C82H134NO8P/c1-6-8-10-12-14-16-18-20-22-24-26-28-30-32-34-36-38-39-40-41-42-43-45-47-49-51-53-55-57-59-61-63-65-67-69-71-73-75-82(85)91-80(79-90-92(86,87)89-77-76-83(3,4)5)78-88-81(84)74-72-70-68-66-64-62-60-58-56-54-52-50-48-46-44-37-35-33-31-29-27-25-23-21-19-17-15-13-11-9-7-2/h8-11,14-17,20-23,26-29,32-35,38-39,41-42,44-47,51,53,80H,6-7,12-13,18-19,24-25,30-31,36-37,40,43,48-50,52,54-79H2,1-5H3/b10-8-,11-9-,16-14-,17-15-,22-20-,23-21-,28-26-,29-27-,34-32-,35-33-,39-38-,42-41-,46-44-,47-45-,53-51-. The summed E-state index contributed by atoms with van der Waals surface area (Å²) in [5, 5.41) is 0. The average molecular weight is 1290 g/mol. The van der Waals surface area contributed by atoms with E-state index in [1.54, 1.807) is 0 Å². The van der Waals surface area contributed by atoms with Crippen LogP contribution >= 0.6 is 7.82 Å². The molecule has 0 saturated carbocycles. The lowest BCUT2D eigenvalue weighted by molar-refractivity contribution is -0.870. The first-order valence-corrected chi connectivity index (χ1v) is 38.0. The molecule has 0 aromatic carbocycles. The van der Waals surface area contributed by atoms with Crippen LogP contribution in [0.15, 0.2) is 182 Å². The third-order valence-corrected chi connectivity index (χ3v) is 15.9. The Hall–Kier alpha value is -4.89. The van der Waals surface area contributed by atoms with Crippen LogP contribution in [0.5, 0.6) is 0 Å². The Morgan fingerprint density at radius 2 is 0.587 bits per heavy atom. The molecular weight excluding hydrogens is 1160 g/mol. The summed E-state index contributed by atoms with van der Waals surface area (Å²) in [7, 11) is 1.14. The molecule has 10 heteroatoms. The van der Waals surface area contributed by atoms with Gasteiger partial charge in [-0.25, -0.2) is 0 Å². The maximum Gasteiger partial charge on any atom is 0.306 e. The number of carbonyl (C=O) groups excluding carboxylic acids is 2. The Morgan fingerprint density at radius 1 is 0.337 bits per heavy atom. The molecule has 0 spiro atoms. The molecule has 520 valence electrons. The van der Waals surface area contributed by atoms with Gasteiger partial charge in [0.25, 0.3) is 7.82 Å². The summed E-state index contributed by atoms with van der Waals surface area (Å²) in [6.07, 6.45) is 108. The highest BCUT2D eigenvalue weighted by atomic mass is 31.2. The third kappa shape index (κ3) is 74.2. The fourth-order valence-corrected chi connectivity index (χ4v) is 10.1. The first kappa shape index (κ1) is 87.1. The number of likely N-dealkylation sites (N-methyl/N-ethyl adjacent to an activating group) is 1. The van der Waals surface area contributed by atoms with Crippen LogP contribution in [0.4, 0.5) is 0 Å². The molecule has 0 aliphatic rings. The second kappa shape index (κ2) is 70.4. The highest BCUT2D eigenvalue weighted by Crippen LogP contribution is 2.38. The maximum atomic E-state index is 12.9. The molecule has 2 unspecified atom stereocenters. The van der Waals surface area contributed by atoms with Crippen molar-refractivity contribution in [2.24, 2.45) is 0 Å². The fourth-order valence-electron chi connectivity index (χ4n) is 9.42. The quantitative estimate of drug-likeness (QED) is 0.0195. The van der Waals surface area contributed by atoms with Crippen LogP contribution in [-0.4, -0.2) is 70.0 Å². The van der Waals surface area contributed by atoms with E-state index in [-0.39, 0.29) is 26.1 Å². The van der Waals surface area contributed by atoms with E-state index in [1.165, 1.54) is 89.9 Å². The van der Waals surface area contributed by atoms with Gasteiger partial charge in [0, 0.05) is 12.8 Å². The van der Waals surface area contributed by atoms with Crippen molar-refractivity contribution in [1.82, 2.24) is 0 Å². The first-order chi connectivity index (χ1) is 45.0. The Kier molecular flexibility index (Phi) is 66.7. The zero-order chi connectivity index (χ0) is 66.9. The van der Waals surface area contributed by atoms with Crippen molar-refractivity contribution in [3.8, 4) is 0 Å². The molecule has 0 saturated heterocycles. The minimum absolute atomic E-state index is 0.0412. The summed E-state index contributed by atoms with van der Waals surface area (Å²) in [5.41, 5.74) is 0. The minimum atomic E-state index is -4.66. The highest BCUT2D eigenvalue weighted by Gasteiger charge is 2.22. The monoisotopic (exact) mass is 1290 g/mol. The lowest BCUT2D eigenvalue weighted by Gasteiger charge is -2.28. The number of rotatable bonds is 65. The predicted molar refractivity (Wildman–Crippen MR) is 396 cm³/mol. The lowest BCUT2D eigenvalue weighted by atomic mass is 10.0. The molecule has 0 radical (unpaired) electrons. The molecule has 92 heavy (non-hydrogen) atoms. The lowest BCUT2D eigenvalue weighted by Crippen LogP contribution is -2.37. The summed E-state index contributed by atoms with van der Waals surface area (Å²) in [4.78, 5) is 38.1. The molecule has 0 N–H and O–H groups in total. The second-order valence-electron chi connectivity index (χ2n) is 24.8. The van der Waals surface area contributed by atoms with Crippen molar-refractivity contribution in [3.05, 3.63) is 182 Å². The van der Waals surface area contributed by atoms with Gasteiger partial charge < -0.3 is 27.9 Å². The molecule has 0 aromatic rings. The highest BCUT2D eigenvalue weighted by molar-refractivity contribution is 7.45. The van der Waals surface area contributed by atoms with Crippen LogP contribution in [0, 0.1) is 0 Å². The summed E-state index contributed by atoms with van der Waals surface area (Å²) in [6.45, 7) is 3.99. The van der Waals surface area contributed by atoms with Gasteiger partial charge in [-0.1, -0.05) is 305 Å². The van der Waals surface area contributed by atoms with E-state index in [0.29, 0.717) is 17.4 Å². The number of phosphoric acid groups is 1. The van der Waals surface area contributed by atoms with Gasteiger partial charge in [-0.3, -0.25) is 14.2 Å². The third-order valence-electron chi connectivity index (χ3n) is 14.9. The molecule has 0 bridgehead atoms. The molecular formula is C82H134NO8P. The van der Waals surface area contributed by atoms with Gasteiger partial charge in [-0.2, -0.15) is 0 Å². The number of allylic oxidation sites excluding steroid dienone is 30. The average Bonchev–Trinajstić information content (AvgIpc) is 2.34. The topological polar surface area (TPSA) is 111 Å². The van der Waals surface area contributed by atoms with Crippen molar-refractivity contribution >= 4 is 19.8 Å². The molecule has 0 rings (SSSR count). The van der Waals surface area contributed by atoms with E-state index in [0.717, 1.165) is 148 Å². The molecule has 0 heterocycles. The van der Waals surface area contributed by atoms with E-state index < -0.39 is 32.5 Å². The van der Waals surface area contributed by atoms with Gasteiger partial charge >= 0.3 is 11.9 Å². The number of esters is 2. The molecule has 0 aliphatic carbocycles. The van der Waals surface area contributed by atoms with Gasteiger partial charge in [0.2, 0.25) is 0 Å². The summed E-state index contributed by atoms with van der Waals surface area (Å²) in [5.74, 6) is -0.851. The maximum absolute atomic E-state index is 12.9. The van der Waals surface area contributed by atoms with E-state index in [9.17, 15) is 19.0 Å². The first-order valence-electron chi connectivity index (χ1n) is 36.5. The zero-order valence-corrected chi connectivity index (χ0v) is 60.1. The SMILES string of the molecule is CC/C=C\C/C=C\C/C=C\C/C=C\C/C=C\C/C=C\C/C=C\C/C=C\C/C=C\CCCCCCCCCCCC(=O)OC(COC(=O)CCCCCCCCCCCCCC/C=C\C/C=C\C/C=C\C/C=C\C/C=C\C/C=C\CC)COP(=O)([O-])OCC[N+](C)(C)C. The van der Waals surface area contributed by atoms with Gasteiger partial charge in [0.15, 0.2) is 6.10 Å². The Balaban J connectivity index is 4.12. The van der Waals surface area contributed by atoms with E-state index in [2.05, 4.69) is 196 Å². The summed E-state index contributed by atoms with van der Waals surface area (Å²) < 4.78 is 34.3. The van der Waals surface area contributed by atoms with E-state index in [4.69, 9.17) is 18.5 Å². The molecule has 0 aliphatic heterocycles. The smallest absolute Gasteiger partial charge is 0.306 e. The number of hydrogen-bond donors (Lipinski definition) is 0. The van der Waals surface area contributed by atoms with E-state index >= 15 is 0 Å². The molecule has 0 amide bonds. The normalized spacial score (nSPS) is 14.2. The Labute approximate surface area is 565 Å². The molecule has 9 nitrogen and oxygen atoms in total. The Morgan fingerprint density at radius 3 is 0.870 bits per heavy atom. The van der Waals surface area contributed by atoms with E-state index in [1.807, 2.05) is 21.1 Å². The second-order valence-corrected chi connectivity index (χ2v) is 26.2. The molecule has 0 fully saturated rings. The largest absolute Gasteiger partial charge is 0.756 e. The van der Waals surface area contributed by atoms with Crippen molar-refractivity contribution in [1.29, 1.82) is 0 Å². The van der Waals surface area contributed by atoms with Crippen molar-refractivity contribution < 1.29 is 42.1 Å². The van der Waals surface area contributed by atoms with Crippen LogP contribution < -0.4 is 4.89 Å². The van der Waals surface area contributed by atoms with Crippen LogP contribution in [0.3, 0.4) is 0 Å². The number of quaternary nitrogens is 1. The van der Waals surface area contributed by atoms with Crippen LogP contribution in [-0.2, 0) is 32.7 Å². The zero-order valence-electron chi connectivity index (χ0n) is 59.2. The number of nitrogens with zero attached hydrogens (tertiary/aromatic N) is 1. The van der Waals surface area contributed by atoms with Gasteiger partial charge in [-0.05, 0) is 135 Å². The number of ether oxygens (including phenoxy) is 2. The predicted octanol–water partition coefficient (Wildman–Crippen LogP) is 23.6. The summed E-state index contributed by atoms with van der Waals surface area (Å²) >= 11 is 0. The van der Waals surface area contributed by atoms with Crippen molar-refractivity contribution in [2.45, 2.75) is 277 Å². The molecule has 2 atom stereocenters. The number of unbranched alkanes of at least 4 members (excludes halogenated alkanes) is 21. The van der Waals surface area contributed by atoms with Crippen LogP contribution in [0.1, 0.15) is 271 Å². The van der Waals surface area contributed by atoms with Gasteiger partial charge in [-0.15, -0.1) is 0 Å². The van der Waals surface area contributed by atoms with Gasteiger partial charge in [0.05, 0.1) is 27.7 Å². The minimum Gasteiger partial charge on any atom is -0.756 e. The van der Waals surface area contributed by atoms with Crippen LogP contribution in [0.2, 0.25) is 0 Å². The van der Waals surface area contributed by atoms with Crippen molar-refractivity contribution in [2.75, 3.05) is 47.5 Å². The number of phosphoric ester groups is 1. The number of carbonyl (C=O) groups is 2. The number of hydrogen-bond acceptors (Lipinski definition) is 8. The Bertz CT molecular complexity index is 2210. The van der Waals surface area contributed by atoms with Crippen LogP contribution in [0.25, 0.3) is 0 Å². The summed E-state index contributed by atoms with van der Waals surface area (Å²) in [6, 6.07) is 0.